The standard InChI is InChI=1S/C20H18F4N4O/c1-12(11-29)25-19-26-16(13-6-3-2-4-7-13)10-17(28-19)27-18-14(20(22,23)24)8-5-9-15(18)21/h2-10,12,29H,11H2,1H3,(H2,25,26,27,28)/t12-/m1/s1. The molecule has 0 saturated heterocycles. The predicted molar refractivity (Wildman–Crippen MR) is 102 cm³/mol. The molecule has 1 aromatic heterocycles. The maximum absolute atomic E-state index is 14.2. The highest BCUT2D eigenvalue weighted by Gasteiger charge is 2.35. The number of nitrogens with one attached hydrogen (secondary N) is 2. The van der Waals surface area contributed by atoms with E-state index in [2.05, 4.69) is 20.6 Å². The van der Waals surface area contributed by atoms with E-state index < -0.39 is 29.3 Å². The molecule has 0 fully saturated rings. The van der Waals surface area contributed by atoms with Crippen molar-refractivity contribution in [1.29, 1.82) is 0 Å². The van der Waals surface area contributed by atoms with Crippen LogP contribution in [0.5, 0.6) is 0 Å². The maximum Gasteiger partial charge on any atom is 0.418 e. The summed E-state index contributed by atoms with van der Waals surface area (Å²) < 4.78 is 54.1. The number of aliphatic hydroxyl groups excluding tert-OH is 1. The van der Waals surface area contributed by atoms with Crippen LogP contribution in [0.3, 0.4) is 0 Å². The van der Waals surface area contributed by atoms with Crippen LogP contribution in [0.2, 0.25) is 0 Å². The summed E-state index contributed by atoms with van der Waals surface area (Å²) in [5.74, 6) is -1.000. The number of halogens is 4. The largest absolute Gasteiger partial charge is 0.418 e. The molecule has 0 aliphatic rings. The first-order chi connectivity index (χ1) is 13.8. The number of alkyl halides is 3. The molecule has 0 aliphatic carbocycles. The molecule has 9 heteroatoms. The van der Waals surface area contributed by atoms with Crippen molar-refractivity contribution in [3.63, 3.8) is 0 Å². The molecule has 5 nitrogen and oxygen atoms in total. The van der Waals surface area contributed by atoms with Crippen molar-refractivity contribution in [2.75, 3.05) is 17.2 Å². The Balaban J connectivity index is 2.07. The number of anilines is 3. The molecule has 3 aromatic rings. The third-order valence-electron chi connectivity index (χ3n) is 4.02. The number of benzene rings is 2. The lowest BCUT2D eigenvalue weighted by Crippen LogP contribution is -2.21. The van der Waals surface area contributed by atoms with Gasteiger partial charge in [0, 0.05) is 17.7 Å². The fourth-order valence-electron chi connectivity index (χ4n) is 2.61. The zero-order valence-electron chi connectivity index (χ0n) is 15.3. The second-order valence-electron chi connectivity index (χ2n) is 6.34. The smallest absolute Gasteiger partial charge is 0.394 e. The summed E-state index contributed by atoms with van der Waals surface area (Å²) in [4.78, 5) is 8.47. The number of para-hydroxylation sites is 1. The molecule has 3 rings (SSSR count). The molecule has 1 heterocycles. The van der Waals surface area contributed by atoms with E-state index in [1.165, 1.54) is 6.07 Å². The van der Waals surface area contributed by atoms with Crippen LogP contribution in [0, 0.1) is 5.82 Å². The van der Waals surface area contributed by atoms with Crippen LogP contribution in [0.4, 0.5) is 35.0 Å². The molecule has 0 saturated carbocycles. The Morgan fingerprint density at radius 2 is 1.76 bits per heavy atom. The second kappa shape index (κ2) is 8.44. The lowest BCUT2D eigenvalue weighted by atomic mass is 10.1. The van der Waals surface area contributed by atoms with Crippen LogP contribution in [-0.4, -0.2) is 27.7 Å². The van der Waals surface area contributed by atoms with Crippen molar-refractivity contribution in [2.45, 2.75) is 19.1 Å². The van der Waals surface area contributed by atoms with Crippen molar-refractivity contribution < 1.29 is 22.7 Å². The predicted octanol–water partition coefficient (Wildman–Crippen LogP) is 4.84. The van der Waals surface area contributed by atoms with Gasteiger partial charge in [-0.3, -0.25) is 0 Å². The highest BCUT2D eigenvalue weighted by Crippen LogP contribution is 2.37. The van der Waals surface area contributed by atoms with Gasteiger partial charge in [-0.1, -0.05) is 36.4 Å². The quantitative estimate of drug-likeness (QED) is 0.511. The first-order valence-corrected chi connectivity index (χ1v) is 8.72. The van der Waals surface area contributed by atoms with Crippen LogP contribution in [0.25, 0.3) is 11.3 Å². The number of hydrogen-bond acceptors (Lipinski definition) is 5. The van der Waals surface area contributed by atoms with E-state index in [-0.39, 0.29) is 18.4 Å². The average molecular weight is 406 g/mol. The number of aliphatic hydroxyl groups is 1. The van der Waals surface area contributed by atoms with Gasteiger partial charge in [0.2, 0.25) is 5.95 Å². The molecule has 0 amide bonds. The number of aromatic nitrogens is 2. The van der Waals surface area contributed by atoms with Crippen molar-refractivity contribution in [3.05, 3.63) is 66.0 Å². The van der Waals surface area contributed by atoms with Gasteiger partial charge in [-0.15, -0.1) is 0 Å². The molecule has 3 N–H and O–H groups in total. The number of hydrogen-bond donors (Lipinski definition) is 3. The Bertz CT molecular complexity index is 980. The average Bonchev–Trinajstić information content (AvgIpc) is 2.69. The molecule has 29 heavy (non-hydrogen) atoms. The van der Waals surface area contributed by atoms with Gasteiger partial charge >= 0.3 is 6.18 Å². The molecule has 0 unspecified atom stereocenters. The molecule has 2 aromatic carbocycles. The Morgan fingerprint density at radius 3 is 2.41 bits per heavy atom. The summed E-state index contributed by atoms with van der Waals surface area (Å²) in [6.07, 6.45) is -4.74. The van der Waals surface area contributed by atoms with E-state index in [1.54, 1.807) is 31.2 Å². The van der Waals surface area contributed by atoms with Gasteiger partial charge in [0.1, 0.15) is 11.6 Å². The zero-order valence-corrected chi connectivity index (χ0v) is 15.3. The Morgan fingerprint density at radius 1 is 1.03 bits per heavy atom. The minimum atomic E-state index is -4.74. The van der Waals surface area contributed by atoms with Gasteiger partial charge in [0.05, 0.1) is 23.6 Å². The molecule has 0 radical (unpaired) electrons. The van der Waals surface area contributed by atoms with Crippen molar-refractivity contribution in [2.24, 2.45) is 0 Å². The molecular formula is C20H18F4N4O. The Labute approximate surface area is 164 Å². The van der Waals surface area contributed by atoms with Gasteiger partial charge < -0.3 is 15.7 Å². The number of rotatable bonds is 6. The summed E-state index contributed by atoms with van der Waals surface area (Å²) in [7, 11) is 0. The summed E-state index contributed by atoms with van der Waals surface area (Å²) in [5, 5.41) is 14.5. The molecule has 0 spiro atoms. The first-order valence-electron chi connectivity index (χ1n) is 8.72. The molecule has 0 bridgehead atoms. The highest BCUT2D eigenvalue weighted by atomic mass is 19.4. The number of nitrogens with zero attached hydrogens (tertiary/aromatic N) is 2. The van der Waals surface area contributed by atoms with Crippen LogP contribution < -0.4 is 10.6 Å². The van der Waals surface area contributed by atoms with E-state index in [1.807, 2.05) is 6.07 Å². The summed E-state index contributed by atoms with van der Waals surface area (Å²) in [6, 6.07) is 12.7. The fraction of sp³-hybridized carbons (Fsp3) is 0.200. The Kier molecular flexibility index (Phi) is 5.97. The monoisotopic (exact) mass is 406 g/mol. The highest BCUT2D eigenvalue weighted by molar-refractivity contribution is 5.69. The SMILES string of the molecule is C[C@H](CO)Nc1nc(Nc2c(F)cccc2C(F)(F)F)cc(-c2ccccc2)n1. The van der Waals surface area contributed by atoms with E-state index in [4.69, 9.17) is 0 Å². The van der Waals surface area contributed by atoms with Gasteiger partial charge in [-0.05, 0) is 19.1 Å². The van der Waals surface area contributed by atoms with Gasteiger partial charge in [0.25, 0.3) is 0 Å². The van der Waals surface area contributed by atoms with Gasteiger partial charge in [-0.25, -0.2) is 9.37 Å². The molecular weight excluding hydrogens is 388 g/mol. The topological polar surface area (TPSA) is 70.1 Å². The minimum Gasteiger partial charge on any atom is -0.394 e. The molecule has 0 aliphatic heterocycles. The van der Waals surface area contributed by atoms with Crippen LogP contribution in [0.15, 0.2) is 54.6 Å². The van der Waals surface area contributed by atoms with Crippen molar-refractivity contribution in [3.8, 4) is 11.3 Å². The van der Waals surface area contributed by atoms with Gasteiger partial charge in [-0.2, -0.15) is 18.2 Å². The summed E-state index contributed by atoms with van der Waals surface area (Å²) in [6.45, 7) is 1.48. The fourth-order valence-corrected chi connectivity index (χ4v) is 2.61. The van der Waals surface area contributed by atoms with Crippen LogP contribution >= 0.6 is 0 Å². The molecule has 1 atom stereocenters. The normalized spacial score (nSPS) is 12.5. The summed E-state index contributed by atoms with van der Waals surface area (Å²) >= 11 is 0. The third-order valence-corrected chi connectivity index (χ3v) is 4.02. The maximum atomic E-state index is 14.2. The third kappa shape index (κ3) is 5.00. The van der Waals surface area contributed by atoms with Crippen LogP contribution in [-0.2, 0) is 6.18 Å². The van der Waals surface area contributed by atoms with Crippen LogP contribution in [0.1, 0.15) is 12.5 Å². The Hall–Kier alpha value is -3.20. The summed E-state index contributed by atoms with van der Waals surface area (Å²) in [5.41, 5.74) is -0.752. The minimum absolute atomic E-state index is 0.0258. The van der Waals surface area contributed by atoms with Gasteiger partial charge in [0.15, 0.2) is 0 Å². The van der Waals surface area contributed by atoms with E-state index >= 15 is 0 Å². The van der Waals surface area contributed by atoms with E-state index in [9.17, 15) is 22.7 Å². The lowest BCUT2D eigenvalue weighted by Gasteiger charge is -2.17. The second-order valence-corrected chi connectivity index (χ2v) is 6.34. The van der Waals surface area contributed by atoms with Crippen molar-refractivity contribution >= 4 is 17.5 Å². The zero-order chi connectivity index (χ0) is 21.0. The first kappa shape index (κ1) is 20.5. The van der Waals surface area contributed by atoms with E-state index in [0.717, 1.165) is 18.2 Å². The van der Waals surface area contributed by atoms with Crippen molar-refractivity contribution in [1.82, 2.24) is 9.97 Å². The van der Waals surface area contributed by atoms with E-state index in [0.29, 0.717) is 11.3 Å². The molecule has 152 valence electrons. The lowest BCUT2D eigenvalue weighted by molar-refractivity contribution is -0.137.